The van der Waals surface area contributed by atoms with Crippen molar-refractivity contribution < 1.29 is 4.74 Å². The molecule has 104 valence electrons. The van der Waals surface area contributed by atoms with Crippen molar-refractivity contribution in [2.45, 2.75) is 19.5 Å². The fourth-order valence-electron chi connectivity index (χ4n) is 1.91. The van der Waals surface area contributed by atoms with Crippen molar-refractivity contribution in [1.82, 2.24) is 30.5 Å². The van der Waals surface area contributed by atoms with Crippen LogP contribution in [-0.2, 0) is 11.3 Å². The van der Waals surface area contributed by atoms with Crippen molar-refractivity contribution in [3.05, 3.63) is 28.8 Å². The molecule has 1 atom stereocenters. The number of ether oxygens (including phenoxy) is 1. The van der Waals surface area contributed by atoms with Crippen LogP contribution in [-0.4, -0.2) is 45.5 Å². The average Bonchev–Trinajstić information content (AvgIpc) is 3.04. The second-order valence-corrected chi connectivity index (χ2v) is 4.39. The molecule has 2 aromatic heterocycles. The molecule has 0 radical (unpaired) electrons. The summed E-state index contributed by atoms with van der Waals surface area (Å²) in [5.41, 5.74) is 1.65. The van der Waals surface area contributed by atoms with E-state index in [0.717, 1.165) is 17.9 Å². The third-order valence-electron chi connectivity index (χ3n) is 2.75. The van der Waals surface area contributed by atoms with Gasteiger partial charge in [-0.25, -0.2) is 0 Å². The van der Waals surface area contributed by atoms with Gasteiger partial charge in [0.25, 0.3) is 0 Å². The predicted molar refractivity (Wildman–Crippen MR) is 71.0 cm³/mol. The molecule has 2 rings (SSSR count). The van der Waals surface area contributed by atoms with Gasteiger partial charge in [-0.3, -0.25) is 4.68 Å². The lowest BCUT2D eigenvalue weighted by Gasteiger charge is -2.17. The number of halogens is 1. The standard InChI is InChI=1S/C11H17ClN6O/c1-3-13-10(9-7-14-17-16-9)11-8(12)6-15-18(11)4-5-19-2/h6-7,10,13H,3-5H2,1-2H3,(H,14,16,17). The SMILES string of the molecule is CCNC(c1cn[nH]n1)c1c(Cl)cnn1CCOC. The summed E-state index contributed by atoms with van der Waals surface area (Å²) in [6, 6.07) is -0.143. The van der Waals surface area contributed by atoms with Crippen LogP contribution in [0.2, 0.25) is 5.02 Å². The Morgan fingerprint density at radius 1 is 1.53 bits per heavy atom. The van der Waals surface area contributed by atoms with E-state index in [1.165, 1.54) is 0 Å². The molecule has 0 spiro atoms. The molecule has 2 N–H and O–H groups in total. The van der Waals surface area contributed by atoms with Crippen molar-refractivity contribution in [2.75, 3.05) is 20.3 Å². The van der Waals surface area contributed by atoms with Crippen LogP contribution >= 0.6 is 11.6 Å². The molecule has 0 aromatic carbocycles. The number of nitrogens with one attached hydrogen (secondary N) is 2. The predicted octanol–water partition coefficient (Wildman–Crippen LogP) is 1.000. The zero-order valence-electron chi connectivity index (χ0n) is 10.9. The number of rotatable bonds is 7. The highest BCUT2D eigenvalue weighted by Crippen LogP contribution is 2.26. The second-order valence-electron chi connectivity index (χ2n) is 3.98. The summed E-state index contributed by atoms with van der Waals surface area (Å²) in [4.78, 5) is 0. The fraction of sp³-hybridized carbons (Fsp3) is 0.545. The highest BCUT2D eigenvalue weighted by molar-refractivity contribution is 6.31. The molecule has 19 heavy (non-hydrogen) atoms. The molecule has 0 aliphatic rings. The minimum absolute atomic E-state index is 0.143. The molecule has 0 aliphatic heterocycles. The lowest BCUT2D eigenvalue weighted by molar-refractivity contribution is 0.182. The van der Waals surface area contributed by atoms with Crippen LogP contribution < -0.4 is 5.32 Å². The molecule has 0 amide bonds. The maximum absolute atomic E-state index is 6.25. The van der Waals surface area contributed by atoms with Gasteiger partial charge in [0.2, 0.25) is 0 Å². The fourth-order valence-corrected chi connectivity index (χ4v) is 2.16. The van der Waals surface area contributed by atoms with Gasteiger partial charge in [-0.15, -0.1) is 0 Å². The molecular formula is C11H17ClN6O. The molecule has 0 bridgehead atoms. The molecule has 8 heteroatoms. The van der Waals surface area contributed by atoms with Crippen LogP contribution in [0.4, 0.5) is 0 Å². The number of hydrogen-bond acceptors (Lipinski definition) is 5. The van der Waals surface area contributed by atoms with E-state index in [1.54, 1.807) is 19.5 Å². The zero-order chi connectivity index (χ0) is 13.7. The third-order valence-corrected chi connectivity index (χ3v) is 3.04. The lowest BCUT2D eigenvalue weighted by atomic mass is 10.1. The molecule has 1 unspecified atom stereocenters. The van der Waals surface area contributed by atoms with Crippen molar-refractivity contribution in [1.29, 1.82) is 0 Å². The summed E-state index contributed by atoms with van der Waals surface area (Å²) in [5, 5.41) is 18.8. The van der Waals surface area contributed by atoms with E-state index < -0.39 is 0 Å². The smallest absolute Gasteiger partial charge is 0.106 e. The number of H-pyrrole nitrogens is 1. The van der Waals surface area contributed by atoms with Gasteiger partial charge in [0.1, 0.15) is 5.69 Å². The van der Waals surface area contributed by atoms with Crippen molar-refractivity contribution in [2.24, 2.45) is 0 Å². The van der Waals surface area contributed by atoms with E-state index in [-0.39, 0.29) is 6.04 Å². The number of aromatic nitrogens is 5. The number of hydrogen-bond donors (Lipinski definition) is 2. The Balaban J connectivity index is 2.33. The van der Waals surface area contributed by atoms with Crippen LogP contribution in [0.3, 0.4) is 0 Å². The molecule has 2 aromatic rings. The van der Waals surface area contributed by atoms with Gasteiger partial charge in [-0.2, -0.15) is 20.5 Å². The van der Waals surface area contributed by atoms with Gasteiger partial charge in [-0.1, -0.05) is 18.5 Å². The van der Waals surface area contributed by atoms with Crippen LogP contribution in [0.25, 0.3) is 0 Å². The minimum atomic E-state index is -0.143. The molecular weight excluding hydrogens is 268 g/mol. The summed E-state index contributed by atoms with van der Waals surface area (Å²) in [6.07, 6.45) is 3.31. The molecule has 7 nitrogen and oxygen atoms in total. The Morgan fingerprint density at radius 3 is 3.00 bits per heavy atom. The third kappa shape index (κ3) is 3.12. The first-order valence-electron chi connectivity index (χ1n) is 6.07. The maximum Gasteiger partial charge on any atom is 0.106 e. The maximum atomic E-state index is 6.25. The normalized spacial score (nSPS) is 12.8. The van der Waals surface area contributed by atoms with E-state index in [2.05, 4.69) is 25.8 Å². The van der Waals surface area contributed by atoms with Crippen molar-refractivity contribution in [3.63, 3.8) is 0 Å². The first kappa shape index (κ1) is 14.0. The Hall–Kier alpha value is -1.44. The summed E-state index contributed by atoms with van der Waals surface area (Å²) in [5.74, 6) is 0. The quantitative estimate of drug-likeness (QED) is 0.793. The lowest BCUT2D eigenvalue weighted by Crippen LogP contribution is -2.26. The first-order chi connectivity index (χ1) is 9.27. The van der Waals surface area contributed by atoms with Crippen LogP contribution in [0.1, 0.15) is 24.4 Å². The summed E-state index contributed by atoms with van der Waals surface area (Å²) < 4.78 is 6.91. The van der Waals surface area contributed by atoms with Crippen molar-refractivity contribution >= 4 is 11.6 Å². The van der Waals surface area contributed by atoms with E-state index in [1.807, 2.05) is 11.6 Å². The van der Waals surface area contributed by atoms with Gasteiger partial charge in [0, 0.05) is 7.11 Å². The van der Waals surface area contributed by atoms with Crippen LogP contribution in [0.15, 0.2) is 12.4 Å². The second kappa shape index (κ2) is 6.65. The van der Waals surface area contributed by atoms with Gasteiger partial charge in [0.05, 0.1) is 42.3 Å². The topological polar surface area (TPSA) is 80.7 Å². The van der Waals surface area contributed by atoms with Crippen LogP contribution in [0, 0.1) is 0 Å². The highest BCUT2D eigenvalue weighted by Gasteiger charge is 2.23. The minimum Gasteiger partial charge on any atom is -0.383 e. The first-order valence-corrected chi connectivity index (χ1v) is 6.44. The number of nitrogens with zero attached hydrogens (tertiary/aromatic N) is 4. The summed E-state index contributed by atoms with van der Waals surface area (Å²) in [6.45, 7) is 4.02. The van der Waals surface area contributed by atoms with Gasteiger partial charge in [-0.05, 0) is 6.54 Å². The van der Waals surface area contributed by atoms with E-state index in [0.29, 0.717) is 18.2 Å². The Kier molecular flexibility index (Phi) is 4.89. The van der Waals surface area contributed by atoms with Gasteiger partial charge >= 0.3 is 0 Å². The molecule has 0 saturated carbocycles. The zero-order valence-corrected chi connectivity index (χ0v) is 11.7. The van der Waals surface area contributed by atoms with Crippen LogP contribution in [0.5, 0.6) is 0 Å². The van der Waals surface area contributed by atoms with E-state index >= 15 is 0 Å². The molecule has 0 fully saturated rings. The Morgan fingerprint density at radius 2 is 2.37 bits per heavy atom. The Labute approximate surface area is 116 Å². The monoisotopic (exact) mass is 284 g/mol. The molecule has 2 heterocycles. The average molecular weight is 285 g/mol. The molecule has 0 saturated heterocycles. The molecule has 0 aliphatic carbocycles. The van der Waals surface area contributed by atoms with E-state index in [4.69, 9.17) is 16.3 Å². The van der Waals surface area contributed by atoms with Gasteiger partial charge < -0.3 is 10.1 Å². The number of aromatic amines is 1. The largest absolute Gasteiger partial charge is 0.383 e. The highest BCUT2D eigenvalue weighted by atomic mass is 35.5. The van der Waals surface area contributed by atoms with Crippen molar-refractivity contribution in [3.8, 4) is 0 Å². The Bertz CT molecular complexity index is 497. The van der Waals surface area contributed by atoms with Gasteiger partial charge in [0.15, 0.2) is 0 Å². The summed E-state index contributed by atoms with van der Waals surface area (Å²) >= 11 is 6.25. The summed E-state index contributed by atoms with van der Waals surface area (Å²) in [7, 11) is 1.66. The number of methoxy groups -OCH3 is 1. The van der Waals surface area contributed by atoms with E-state index in [9.17, 15) is 0 Å².